The fraction of sp³-hybridized carbons (Fsp3) is 0.130. The van der Waals surface area contributed by atoms with E-state index in [1.54, 1.807) is 6.21 Å². The third kappa shape index (κ3) is 4.82. The average Bonchev–Trinajstić information content (AvgIpc) is 2.71. The molecule has 0 aliphatic heterocycles. The number of nitrogens with zero attached hydrogens (tertiary/aromatic N) is 1. The normalized spacial score (nSPS) is 10.9. The predicted molar refractivity (Wildman–Crippen MR) is 108 cm³/mol. The maximum atomic E-state index is 12.9. The number of ether oxygens (including phenoxy) is 1. The van der Waals surface area contributed by atoms with Gasteiger partial charge < -0.3 is 4.74 Å². The zero-order valence-electron chi connectivity index (χ0n) is 15.2. The number of carbonyl (C=O) groups is 1. The van der Waals surface area contributed by atoms with Crippen LogP contribution in [0.5, 0.6) is 5.75 Å². The summed E-state index contributed by atoms with van der Waals surface area (Å²) in [7, 11) is 0. The van der Waals surface area contributed by atoms with Crippen molar-refractivity contribution in [3.63, 3.8) is 0 Å². The molecule has 1 N–H and O–H groups in total. The Morgan fingerprint density at radius 3 is 2.07 bits per heavy atom. The summed E-state index contributed by atoms with van der Waals surface area (Å²) in [5.41, 5.74) is 5.33. The second-order valence-electron chi connectivity index (χ2n) is 5.96. The summed E-state index contributed by atoms with van der Waals surface area (Å²) in [6.45, 7) is 2.50. The van der Waals surface area contributed by atoms with E-state index in [0.29, 0.717) is 6.61 Å². The molecule has 27 heavy (non-hydrogen) atoms. The first-order chi connectivity index (χ1) is 13.3. The minimum atomic E-state index is -0.424. The first-order valence-electron chi connectivity index (χ1n) is 8.94. The first kappa shape index (κ1) is 18.4. The molecule has 4 heteroatoms. The van der Waals surface area contributed by atoms with Crippen molar-refractivity contribution in [3.05, 3.63) is 102 Å². The Labute approximate surface area is 159 Å². The summed E-state index contributed by atoms with van der Waals surface area (Å²) < 4.78 is 5.58. The molecule has 3 aromatic carbocycles. The van der Waals surface area contributed by atoms with Gasteiger partial charge in [0.15, 0.2) is 0 Å². The molecule has 1 amide bonds. The second-order valence-corrected chi connectivity index (χ2v) is 5.96. The SMILES string of the molecule is CCOc1ccccc1/C=N\NC(=O)C(c1ccccc1)c1ccccc1. The highest BCUT2D eigenvalue weighted by Gasteiger charge is 2.22. The van der Waals surface area contributed by atoms with Crippen molar-refractivity contribution in [1.29, 1.82) is 0 Å². The number of para-hydroxylation sites is 1. The molecule has 0 spiro atoms. The van der Waals surface area contributed by atoms with E-state index >= 15 is 0 Å². The van der Waals surface area contributed by atoms with Crippen LogP contribution in [0.25, 0.3) is 0 Å². The fourth-order valence-corrected chi connectivity index (χ4v) is 2.89. The van der Waals surface area contributed by atoms with Crippen LogP contribution in [0.3, 0.4) is 0 Å². The van der Waals surface area contributed by atoms with Crippen LogP contribution in [0.4, 0.5) is 0 Å². The molecule has 0 radical (unpaired) electrons. The Morgan fingerprint density at radius 1 is 0.926 bits per heavy atom. The number of hydrazone groups is 1. The van der Waals surface area contributed by atoms with E-state index in [2.05, 4.69) is 10.5 Å². The molecule has 0 unspecified atom stereocenters. The van der Waals surface area contributed by atoms with Crippen molar-refractivity contribution in [1.82, 2.24) is 5.43 Å². The summed E-state index contributed by atoms with van der Waals surface area (Å²) in [5, 5.41) is 4.15. The molecule has 136 valence electrons. The zero-order valence-corrected chi connectivity index (χ0v) is 15.2. The van der Waals surface area contributed by atoms with E-state index in [0.717, 1.165) is 22.4 Å². The van der Waals surface area contributed by atoms with E-state index < -0.39 is 5.92 Å². The molecule has 0 aromatic heterocycles. The number of carbonyl (C=O) groups excluding carboxylic acids is 1. The monoisotopic (exact) mass is 358 g/mol. The van der Waals surface area contributed by atoms with Crippen LogP contribution in [0.1, 0.15) is 29.5 Å². The molecule has 0 aliphatic carbocycles. The standard InChI is InChI=1S/C23H22N2O2/c1-2-27-21-16-10-9-15-20(21)17-24-25-23(26)22(18-11-5-3-6-12-18)19-13-7-4-8-14-19/h3-17,22H,2H2,1H3,(H,25,26)/b24-17-. The number of nitrogens with one attached hydrogen (secondary N) is 1. The van der Waals surface area contributed by atoms with Gasteiger partial charge in [0.25, 0.3) is 5.91 Å². The molecular formula is C23H22N2O2. The Hall–Kier alpha value is -3.40. The molecule has 4 nitrogen and oxygen atoms in total. The topological polar surface area (TPSA) is 50.7 Å². The highest BCUT2D eigenvalue weighted by Crippen LogP contribution is 2.24. The van der Waals surface area contributed by atoms with Crippen LogP contribution in [-0.4, -0.2) is 18.7 Å². The van der Waals surface area contributed by atoms with Gasteiger partial charge in [0, 0.05) is 5.56 Å². The molecule has 0 saturated carbocycles. The lowest BCUT2D eigenvalue weighted by atomic mass is 9.91. The number of hydrogen-bond acceptors (Lipinski definition) is 3. The van der Waals surface area contributed by atoms with Crippen molar-refractivity contribution in [2.24, 2.45) is 5.10 Å². The lowest BCUT2D eigenvalue weighted by Crippen LogP contribution is -2.26. The summed E-state index contributed by atoms with van der Waals surface area (Å²) >= 11 is 0. The molecule has 0 atom stereocenters. The van der Waals surface area contributed by atoms with Crippen LogP contribution in [0.15, 0.2) is 90.0 Å². The van der Waals surface area contributed by atoms with Gasteiger partial charge in [-0.2, -0.15) is 5.10 Å². The van der Waals surface area contributed by atoms with Crippen LogP contribution < -0.4 is 10.2 Å². The van der Waals surface area contributed by atoms with Crippen LogP contribution in [0, 0.1) is 0 Å². The van der Waals surface area contributed by atoms with Gasteiger partial charge in [-0.05, 0) is 30.2 Å². The molecule has 0 heterocycles. The molecule has 3 aromatic rings. The fourth-order valence-electron chi connectivity index (χ4n) is 2.89. The largest absolute Gasteiger partial charge is 0.493 e. The third-order valence-electron chi connectivity index (χ3n) is 4.13. The first-order valence-corrected chi connectivity index (χ1v) is 8.94. The van der Waals surface area contributed by atoms with Crippen LogP contribution in [-0.2, 0) is 4.79 Å². The van der Waals surface area contributed by atoms with Crippen molar-refractivity contribution in [2.75, 3.05) is 6.61 Å². The third-order valence-corrected chi connectivity index (χ3v) is 4.13. The molecule has 0 aliphatic rings. The Balaban J connectivity index is 1.80. The Morgan fingerprint density at radius 2 is 1.48 bits per heavy atom. The average molecular weight is 358 g/mol. The van der Waals surface area contributed by atoms with E-state index in [1.807, 2.05) is 91.9 Å². The molecular weight excluding hydrogens is 336 g/mol. The van der Waals surface area contributed by atoms with Gasteiger partial charge in [-0.3, -0.25) is 4.79 Å². The van der Waals surface area contributed by atoms with Gasteiger partial charge in [-0.1, -0.05) is 72.8 Å². The van der Waals surface area contributed by atoms with Gasteiger partial charge in [0.05, 0.1) is 18.7 Å². The number of hydrogen-bond donors (Lipinski definition) is 1. The molecule has 3 rings (SSSR count). The maximum absolute atomic E-state index is 12.9. The lowest BCUT2D eigenvalue weighted by molar-refractivity contribution is -0.121. The summed E-state index contributed by atoms with van der Waals surface area (Å²) in [6, 6.07) is 27.0. The molecule has 0 bridgehead atoms. The summed E-state index contributed by atoms with van der Waals surface area (Å²) in [5.74, 6) is 0.130. The molecule has 0 fully saturated rings. The summed E-state index contributed by atoms with van der Waals surface area (Å²) in [6.07, 6.45) is 1.61. The maximum Gasteiger partial charge on any atom is 0.252 e. The van der Waals surface area contributed by atoms with Crippen molar-refractivity contribution >= 4 is 12.1 Å². The Bertz CT molecular complexity index is 853. The van der Waals surface area contributed by atoms with Crippen LogP contribution in [0.2, 0.25) is 0 Å². The van der Waals surface area contributed by atoms with E-state index in [9.17, 15) is 4.79 Å². The zero-order chi connectivity index (χ0) is 18.9. The predicted octanol–water partition coefficient (Wildman–Crippen LogP) is 4.37. The number of benzene rings is 3. The number of amides is 1. The minimum Gasteiger partial charge on any atom is -0.493 e. The van der Waals surface area contributed by atoms with Gasteiger partial charge in [-0.25, -0.2) is 5.43 Å². The van der Waals surface area contributed by atoms with Crippen molar-refractivity contribution in [3.8, 4) is 5.75 Å². The lowest BCUT2D eigenvalue weighted by Gasteiger charge is -2.16. The highest BCUT2D eigenvalue weighted by molar-refractivity contribution is 5.89. The van der Waals surface area contributed by atoms with Gasteiger partial charge in [-0.15, -0.1) is 0 Å². The van der Waals surface area contributed by atoms with Gasteiger partial charge in [0.1, 0.15) is 5.75 Å². The van der Waals surface area contributed by atoms with Crippen LogP contribution >= 0.6 is 0 Å². The summed E-state index contributed by atoms with van der Waals surface area (Å²) in [4.78, 5) is 12.9. The van der Waals surface area contributed by atoms with Gasteiger partial charge in [0.2, 0.25) is 0 Å². The highest BCUT2D eigenvalue weighted by atomic mass is 16.5. The number of rotatable bonds is 7. The van der Waals surface area contributed by atoms with Crippen molar-refractivity contribution in [2.45, 2.75) is 12.8 Å². The minimum absolute atomic E-state index is 0.183. The molecule has 0 saturated heterocycles. The van der Waals surface area contributed by atoms with Gasteiger partial charge >= 0.3 is 0 Å². The van der Waals surface area contributed by atoms with E-state index in [-0.39, 0.29) is 5.91 Å². The quantitative estimate of drug-likeness (QED) is 0.504. The Kier molecular flexibility index (Phi) is 6.36. The van der Waals surface area contributed by atoms with E-state index in [1.165, 1.54) is 0 Å². The van der Waals surface area contributed by atoms with Crippen molar-refractivity contribution < 1.29 is 9.53 Å². The second kappa shape index (κ2) is 9.34. The van der Waals surface area contributed by atoms with E-state index in [4.69, 9.17) is 4.74 Å². The smallest absolute Gasteiger partial charge is 0.252 e.